The normalized spacial score (nSPS) is 20.7. The van der Waals surface area contributed by atoms with Gasteiger partial charge in [-0.05, 0) is 70.3 Å². The topological polar surface area (TPSA) is 111 Å². The van der Waals surface area contributed by atoms with Gasteiger partial charge in [-0.25, -0.2) is 23.5 Å². The van der Waals surface area contributed by atoms with E-state index in [2.05, 4.69) is 41.9 Å². The molecule has 2 amide bonds. The molecular formula is C43H42N2O7S2. The first kappa shape index (κ1) is 36.2. The molecule has 1 aliphatic carbocycles. The van der Waals surface area contributed by atoms with Crippen molar-refractivity contribution < 1.29 is 32.3 Å². The molecule has 8 rings (SSSR count). The lowest BCUT2D eigenvalue weighted by molar-refractivity contribution is -0.200. The van der Waals surface area contributed by atoms with Crippen molar-refractivity contribution in [2.75, 3.05) is 32.1 Å². The maximum absolute atomic E-state index is 14.5. The first-order valence-electron chi connectivity index (χ1n) is 18.5. The average Bonchev–Trinajstić information content (AvgIpc) is 3.80. The van der Waals surface area contributed by atoms with E-state index in [1.807, 2.05) is 78.9 Å². The van der Waals surface area contributed by atoms with Gasteiger partial charge < -0.3 is 14.4 Å². The number of fused-ring (bicyclic) bond motifs is 3. The van der Waals surface area contributed by atoms with E-state index in [1.165, 1.54) is 16.2 Å². The SMILES string of the molecule is O=C(CC1(c2ccc(-c3ccc(-c4ccccc4)cc3)s2)CCN(C(=O)OCC2c3ccccc3-c3ccccc32)CCS1(=O)=O)NOC1CCCCO1. The van der Waals surface area contributed by atoms with E-state index in [0.717, 1.165) is 56.7 Å². The summed E-state index contributed by atoms with van der Waals surface area (Å²) in [6, 6.07) is 38.2. The van der Waals surface area contributed by atoms with Gasteiger partial charge in [-0.15, -0.1) is 11.3 Å². The van der Waals surface area contributed by atoms with E-state index >= 15 is 0 Å². The number of sulfone groups is 1. The van der Waals surface area contributed by atoms with Gasteiger partial charge in [0.05, 0.1) is 12.2 Å². The van der Waals surface area contributed by atoms with Gasteiger partial charge in [0, 0.05) is 41.8 Å². The second kappa shape index (κ2) is 15.5. The summed E-state index contributed by atoms with van der Waals surface area (Å²) in [5.74, 6) is -1.01. The minimum Gasteiger partial charge on any atom is -0.448 e. The highest BCUT2D eigenvalue weighted by atomic mass is 32.2. The molecule has 4 aromatic carbocycles. The van der Waals surface area contributed by atoms with Crippen molar-refractivity contribution in [3.8, 4) is 32.7 Å². The zero-order valence-corrected chi connectivity index (χ0v) is 31.4. The molecule has 1 aromatic heterocycles. The number of amides is 2. The molecule has 54 heavy (non-hydrogen) atoms. The highest BCUT2D eigenvalue weighted by Crippen LogP contribution is 2.47. The van der Waals surface area contributed by atoms with Crippen LogP contribution in [0, 0.1) is 0 Å². The van der Waals surface area contributed by atoms with Crippen LogP contribution < -0.4 is 5.48 Å². The Kier molecular flexibility index (Phi) is 10.4. The standard InChI is InChI=1S/C43H42N2O7S2/c46-40(44-52-41-16-8-9-26-50-41)28-43(39-22-21-38(53-39)32-19-17-31(18-20-32)30-10-2-1-3-11-30)23-24-45(25-27-54(43,48)49)42(47)51-29-37-35-14-6-4-12-33(35)34-13-5-7-15-36(34)37/h1-7,10-15,17-22,37,41H,8-9,16,23-29H2,(H,44,46). The summed E-state index contributed by atoms with van der Waals surface area (Å²) >= 11 is 1.36. The highest BCUT2D eigenvalue weighted by Gasteiger charge is 2.50. The second-order valence-electron chi connectivity index (χ2n) is 14.1. The molecule has 0 spiro atoms. The first-order valence-corrected chi connectivity index (χ1v) is 20.9. The summed E-state index contributed by atoms with van der Waals surface area (Å²) in [6.07, 6.45) is 0.958. The van der Waals surface area contributed by atoms with E-state index < -0.39 is 32.9 Å². The summed E-state index contributed by atoms with van der Waals surface area (Å²) in [5.41, 5.74) is 10.0. The minimum absolute atomic E-state index is 0.0137. The maximum Gasteiger partial charge on any atom is 0.409 e. The zero-order valence-electron chi connectivity index (χ0n) is 29.8. The molecule has 1 N–H and O–H groups in total. The van der Waals surface area contributed by atoms with Gasteiger partial charge in [-0.1, -0.05) is 103 Å². The molecule has 3 aliphatic rings. The number of carbonyl (C=O) groups excluding carboxylic acids is 2. The summed E-state index contributed by atoms with van der Waals surface area (Å²) in [5, 5.41) is 0. The van der Waals surface area contributed by atoms with Crippen molar-refractivity contribution in [3.63, 3.8) is 0 Å². The first-order chi connectivity index (χ1) is 26.3. The van der Waals surface area contributed by atoms with E-state index in [0.29, 0.717) is 17.9 Å². The third kappa shape index (κ3) is 7.21. The van der Waals surface area contributed by atoms with Crippen LogP contribution in [-0.4, -0.2) is 63.7 Å². The molecule has 3 heterocycles. The van der Waals surface area contributed by atoms with Crippen LogP contribution in [0.15, 0.2) is 115 Å². The average molecular weight is 763 g/mol. The van der Waals surface area contributed by atoms with Crippen LogP contribution in [0.1, 0.15) is 54.0 Å². The van der Waals surface area contributed by atoms with Gasteiger partial charge in [0.15, 0.2) is 16.1 Å². The summed E-state index contributed by atoms with van der Waals surface area (Å²) in [7, 11) is -3.99. The maximum atomic E-state index is 14.5. The summed E-state index contributed by atoms with van der Waals surface area (Å²) in [4.78, 5) is 35.8. The number of hydroxylamine groups is 1. The van der Waals surface area contributed by atoms with E-state index in [4.69, 9.17) is 14.3 Å². The van der Waals surface area contributed by atoms with Crippen LogP contribution in [0.25, 0.3) is 32.7 Å². The Morgan fingerprint density at radius 1 is 0.796 bits per heavy atom. The zero-order chi connectivity index (χ0) is 37.1. The molecule has 11 heteroatoms. The van der Waals surface area contributed by atoms with E-state index in [9.17, 15) is 18.0 Å². The van der Waals surface area contributed by atoms with Gasteiger partial charge >= 0.3 is 6.09 Å². The molecule has 2 aliphatic heterocycles. The smallest absolute Gasteiger partial charge is 0.409 e. The lowest BCUT2D eigenvalue weighted by Gasteiger charge is -2.31. The predicted molar refractivity (Wildman–Crippen MR) is 209 cm³/mol. The molecule has 9 nitrogen and oxygen atoms in total. The molecule has 2 fully saturated rings. The minimum atomic E-state index is -3.99. The number of thiophene rings is 1. The molecular weight excluding hydrogens is 721 g/mol. The largest absolute Gasteiger partial charge is 0.448 e. The molecule has 278 valence electrons. The Balaban J connectivity index is 1.03. The van der Waals surface area contributed by atoms with Crippen LogP contribution >= 0.6 is 11.3 Å². The van der Waals surface area contributed by atoms with Crippen molar-refractivity contribution in [1.82, 2.24) is 10.4 Å². The summed E-state index contributed by atoms with van der Waals surface area (Å²) < 4.78 is 39.0. The molecule has 0 bridgehead atoms. The van der Waals surface area contributed by atoms with Gasteiger partial charge in [0.1, 0.15) is 11.4 Å². The fourth-order valence-electron chi connectivity index (χ4n) is 7.86. The molecule has 0 saturated carbocycles. The van der Waals surface area contributed by atoms with Gasteiger partial charge in [-0.3, -0.25) is 4.79 Å². The van der Waals surface area contributed by atoms with Crippen LogP contribution in [-0.2, 0) is 33.7 Å². The second-order valence-corrected chi connectivity index (χ2v) is 17.6. The number of rotatable bonds is 9. The summed E-state index contributed by atoms with van der Waals surface area (Å²) in [6.45, 7) is 0.708. The number of ether oxygens (including phenoxy) is 2. The predicted octanol–water partition coefficient (Wildman–Crippen LogP) is 8.31. The van der Waals surface area contributed by atoms with Crippen LogP contribution in [0.3, 0.4) is 0 Å². The number of nitrogens with zero attached hydrogens (tertiary/aromatic N) is 1. The lowest BCUT2D eigenvalue weighted by atomic mass is 9.97. The number of benzene rings is 4. The fraction of sp³-hybridized carbons (Fsp3) is 0.302. The Bertz CT molecular complexity index is 2190. The molecule has 2 saturated heterocycles. The molecule has 0 radical (unpaired) electrons. The van der Waals surface area contributed by atoms with Gasteiger partial charge in [0.2, 0.25) is 5.91 Å². The fourth-order valence-corrected chi connectivity index (χ4v) is 11.5. The Labute approximate surface area is 319 Å². The van der Waals surface area contributed by atoms with E-state index in [1.54, 1.807) is 0 Å². The third-order valence-electron chi connectivity index (χ3n) is 10.8. The van der Waals surface area contributed by atoms with Crippen molar-refractivity contribution in [3.05, 3.63) is 131 Å². The van der Waals surface area contributed by atoms with Crippen LogP contribution in [0.5, 0.6) is 0 Å². The number of carbonyl (C=O) groups is 2. The Morgan fingerprint density at radius 2 is 1.46 bits per heavy atom. The van der Waals surface area contributed by atoms with Crippen molar-refractivity contribution in [1.29, 1.82) is 0 Å². The van der Waals surface area contributed by atoms with Gasteiger partial charge in [-0.2, -0.15) is 0 Å². The van der Waals surface area contributed by atoms with Crippen molar-refractivity contribution in [2.45, 2.75) is 49.1 Å². The van der Waals surface area contributed by atoms with E-state index in [-0.39, 0.29) is 44.2 Å². The lowest BCUT2D eigenvalue weighted by Crippen LogP contribution is -2.43. The highest BCUT2D eigenvalue weighted by molar-refractivity contribution is 7.92. The van der Waals surface area contributed by atoms with Crippen LogP contribution in [0.2, 0.25) is 0 Å². The Hall–Kier alpha value is -4.81. The van der Waals surface area contributed by atoms with Crippen LogP contribution in [0.4, 0.5) is 4.79 Å². The molecule has 2 atom stereocenters. The molecule has 2 unspecified atom stereocenters. The number of nitrogens with one attached hydrogen (secondary N) is 1. The Morgan fingerprint density at radius 3 is 2.17 bits per heavy atom. The third-order valence-corrected chi connectivity index (χ3v) is 14.8. The number of hydrogen-bond donors (Lipinski definition) is 1. The van der Waals surface area contributed by atoms with Crippen molar-refractivity contribution in [2.24, 2.45) is 0 Å². The monoisotopic (exact) mass is 762 g/mol. The number of hydrogen-bond acceptors (Lipinski definition) is 8. The van der Waals surface area contributed by atoms with Crippen molar-refractivity contribution >= 4 is 33.2 Å². The van der Waals surface area contributed by atoms with Gasteiger partial charge in [0.25, 0.3) is 0 Å². The molecule has 5 aromatic rings. The quantitative estimate of drug-likeness (QED) is 0.151.